The van der Waals surface area contributed by atoms with Gasteiger partial charge in [0.15, 0.2) is 0 Å². The molecule has 0 spiro atoms. The maximum atomic E-state index is 11.7. The third kappa shape index (κ3) is 6.71. The fourth-order valence-electron chi connectivity index (χ4n) is 1.67. The molecule has 4 nitrogen and oxygen atoms in total. The van der Waals surface area contributed by atoms with Crippen LogP contribution in [0.4, 0.5) is 0 Å². The number of hydrogen-bond donors (Lipinski definition) is 0. The van der Waals surface area contributed by atoms with Gasteiger partial charge in [-0.15, -0.1) is 4.33 Å². The number of rotatable bonds is 10. The molecular weight excluding hydrogens is 264 g/mol. The molecular formula is C14H22O4S. The summed E-state index contributed by atoms with van der Waals surface area (Å²) in [7, 11) is -3.78. The van der Waals surface area contributed by atoms with Crippen LogP contribution in [0.15, 0.2) is 35.2 Å². The lowest BCUT2D eigenvalue weighted by Crippen LogP contribution is -2.07. The van der Waals surface area contributed by atoms with E-state index in [0.29, 0.717) is 6.61 Å². The first-order valence-corrected chi connectivity index (χ1v) is 8.19. The van der Waals surface area contributed by atoms with Crippen molar-refractivity contribution >= 4 is 10.1 Å². The first-order valence-electron chi connectivity index (χ1n) is 6.78. The van der Waals surface area contributed by atoms with E-state index in [1.54, 1.807) is 18.2 Å². The Morgan fingerprint density at radius 2 is 1.58 bits per heavy atom. The summed E-state index contributed by atoms with van der Waals surface area (Å²) in [5.41, 5.74) is 0. The minimum atomic E-state index is -3.78. The van der Waals surface area contributed by atoms with E-state index in [1.165, 1.54) is 31.4 Å². The predicted molar refractivity (Wildman–Crippen MR) is 74.0 cm³/mol. The Morgan fingerprint density at radius 1 is 0.947 bits per heavy atom. The van der Waals surface area contributed by atoms with Crippen molar-refractivity contribution in [2.75, 3.05) is 6.61 Å². The van der Waals surface area contributed by atoms with Crippen LogP contribution in [0.1, 0.15) is 45.4 Å². The molecule has 0 aliphatic carbocycles. The van der Waals surface area contributed by atoms with Crippen LogP contribution in [-0.4, -0.2) is 15.0 Å². The van der Waals surface area contributed by atoms with Crippen molar-refractivity contribution in [3.05, 3.63) is 30.3 Å². The predicted octanol–water partition coefficient (Wildman–Crippen LogP) is 3.68. The van der Waals surface area contributed by atoms with E-state index in [2.05, 4.69) is 11.3 Å². The Labute approximate surface area is 115 Å². The summed E-state index contributed by atoms with van der Waals surface area (Å²) in [6.07, 6.45) is 6.69. The number of unbranched alkanes of at least 4 members (excludes halogenated alkanes) is 5. The van der Waals surface area contributed by atoms with Gasteiger partial charge in [0.25, 0.3) is 0 Å². The van der Waals surface area contributed by atoms with E-state index < -0.39 is 10.1 Å². The molecule has 0 aliphatic rings. The highest BCUT2D eigenvalue weighted by molar-refractivity contribution is 7.86. The van der Waals surface area contributed by atoms with Crippen molar-refractivity contribution in [1.29, 1.82) is 0 Å². The molecule has 19 heavy (non-hydrogen) atoms. The summed E-state index contributed by atoms with van der Waals surface area (Å²) in [6, 6.07) is 7.98. The molecule has 0 bridgehead atoms. The zero-order valence-electron chi connectivity index (χ0n) is 11.4. The van der Waals surface area contributed by atoms with Gasteiger partial charge in [-0.2, -0.15) is 8.42 Å². The molecule has 5 heteroatoms. The minimum absolute atomic E-state index is 0.109. The maximum absolute atomic E-state index is 11.7. The molecule has 0 aliphatic heterocycles. The number of hydrogen-bond acceptors (Lipinski definition) is 4. The Kier molecular flexibility index (Phi) is 7.70. The quantitative estimate of drug-likeness (QED) is 0.374. The maximum Gasteiger partial charge on any atom is 0.323 e. The lowest BCUT2D eigenvalue weighted by Gasteiger charge is -2.04. The molecule has 0 unspecified atom stereocenters. The Bertz CT molecular complexity index is 428. The van der Waals surface area contributed by atoms with Crippen molar-refractivity contribution in [2.24, 2.45) is 0 Å². The van der Waals surface area contributed by atoms with Crippen LogP contribution in [0.2, 0.25) is 0 Å². The van der Waals surface area contributed by atoms with E-state index in [9.17, 15) is 8.42 Å². The third-order valence-corrected chi connectivity index (χ3v) is 3.88. The summed E-state index contributed by atoms with van der Waals surface area (Å²) in [4.78, 5) is 4.88. The van der Waals surface area contributed by atoms with Crippen molar-refractivity contribution < 1.29 is 17.6 Å². The molecule has 1 aromatic rings. The molecule has 0 atom stereocenters. The van der Waals surface area contributed by atoms with Crippen molar-refractivity contribution in [2.45, 2.75) is 50.3 Å². The lowest BCUT2D eigenvalue weighted by molar-refractivity contribution is -0.202. The van der Waals surface area contributed by atoms with Crippen molar-refractivity contribution in [3.8, 4) is 0 Å². The molecule has 0 heterocycles. The van der Waals surface area contributed by atoms with E-state index in [1.807, 2.05) is 0 Å². The van der Waals surface area contributed by atoms with E-state index in [4.69, 9.17) is 4.89 Å². The SMILES string of the molecule is CCCCCCCCOOS(=O)(=O)c1ccccc1. The average molecular weight is 286 g/mol. The van der Waals surface area contributed by atoms with Crippen LogP contribution in [0.25, 0.3) is 0 Å². The lowest BCUT2D eigenvalue weighted by atomic mass is 10.1. The van der Waals surface area contributed by atoms with Gasteiger partial charge in [0.05, 0.1) is 11.5 Å². The zero-order valence-corrected chi connectivity index (χ0v) is 12.2. The Morgan fingerprint density at radius 3 is 2.26 bits per heavy atom. The minimum Gasteiger partial charge on any atom is -0.220 e. The summed E-state index contributed by atoms with van der Waals surface area (Å²) in [5, 5.41) is 0. The van der Waals surface area contributed by atoms with Crippen LogP contribution in [0.5, 0.6) is 0 Å². The standard InChI is InChI=1S/C14H22O4S/c1-2-3-4-5-6-10-13-17-18-19(15,16)14-11-8-7-9-12-14/h7-9,11-12H,2-6,10,13H2,1H3. The smallest absolute Gasteiger partial charge is 0.220 e. The molecule has 1 aromatic carbocycles. The van der Waals surface area contributed by atoms with Gasteiger partial charge in [-0.3, -0.25) is 0 Å². The van der Waals surface area contributed by atoms with Gasteiger partial charge < -0.3 is 0 Å². The van der Waals surface area contributed by atoms with Gasteiger partial charge in [0.1, 0.15) is 0 Å². The van der Waals surface area contributed by atoms with Gasteiger partial charge in [0, 0.05) is 0 Å². The molecule has 0 radical (unpaired) electrons. The fourth-order valence-corrected chi connectivity index (χ4v) is 2.43. The second-order valence-electron chi connectivity index (χ2n) is 4.42. The number of benzene rings is 1. The van der Waals surface area contributed by atoms with Crippen LogP contribution in [0.3, 0.4) is 0 Å². The molecule has 0 amide bonds. The van der Waals surface area contributed by atoms with Crippen molar-refractivity contribution in [1.82, 2.24) is 0 Å². The fraction of sp³-hybridized carbons (Fsp3) is 0.571. The molecule has 0 N–H and O–H groups in total. The Balaban J connectivity index is 2.15. The molecule has 0 fully saturated rings. The largest absolute Gasteiger partial charge is 0.323 e. The molecule has 1 rings (SSSR count). The van der Waals surface area contributed by atoms with Crippen LogP contribution < -0.4 is 0 Å². The highest BCUT2D eigenvalue weighted by Gasteiger charge is 2.15. The summed E-state index contributed by atoms with van der Waals surface area (Å²) in [5.74, 6) is 0. The molecule has 0 saturated heterocycles. The summed E-state index contributed by atoms with van der Waals surface area (Å²) < 4.78 is 27.8. The normalized spacial score (nSPS) is 11.6. The first-order chi connectivity index (χ1) is 9.17. The summed E-state index contributed by atoms with van der Waals surface area (Å²) in [6.45, 7) is 2.48. The van der Waals surface area contributed by atoms with Crippen LogP contribution >= 0.6 is 0 Å². The Hall–Kier alpha value is -0.910. The van der Waals surface area contributed by atoms with E-state index in [-0.39, 0.29) is 4.90 Å². The van der Waals surface area contributed by atoms with Gasteiger partial charge in [0.2, 0.25) is 0 Å². The van der Waals surface area contributed by atoms with Gasteiger partial charge in [-0.05, 0) is 18.6 Å². The molecule has 0 saturated carbocycles. The average Bonchev–Trinajstić information content (AvgIpc) is 2.43. The van der Waals surface area contributed by atoms with E-state index >= 15 is 0 Å². The highest BCUT2D eigenvalue weighted by atomic mass is 32.2. The van der Waals surface area contributed by atoms with Crippen LogP contribution in [0, 0.1) is 0 Å². The second-order valence-corrected chi connectivity index (χ2v) is 5.94. The molecule has 108 valence electrons. The second kappa shape index (κ2) is 9.07. The van der Waals surface area contributed by atoms with Gasteiger partial charge in [-0.1, -0.05) is 57.2 Å². The third-order valence-electron chi connectivity index (χ3n) is 2.75. The highest BCUT2D eigenvalue weighted by Crippen LogP contribution is 2.12. The van der Waals surface area contributed by atoms with E-state index in [0.717, 1.165) is 19.3 Å². The van der Waals surface area contributed by atoms with Gasteiger partial charge >= 0.3 is 10.1 Å². The topological polar surface area (TPSA) is 52.6 Å². The monoisotopic (exact) mass is 286 g/mol. The van der Waals surface area contributed by atoms with Gasteiger partial charge in [-0.25, -0.2) is 4.89 Å². The molecule has 0 aromatic heterocycles. The summed E-state index contributed by atoms with van der Waals surface area (Å²) >= 11 is 0. The first kappa shape index (κ1) is 16.1. The van der Waals surface area contributed by atoms with Crippen LogP contribution in [-0.2, 0) is 19.3 Å². The zero-order chi connectivity index (χ0) is 14.0. The van der Waals surface area contributed by atoms with Crippen molar-refractivity contribution in [3.63, 3.8) is 0 Å².